The van der Waals surface area contributed by atoms with E-state index in [9.17, 15) is 4.57 Å². The second-order valence-corrected chi connectivity index (χ2v) is 5.37. The molecule has 0 rings (SSSR count). The molecule has 1 unspecified atom stereocenters. The van der Waals surface area contributed by atoms with Crippen LogP contribution in [-0.4, -0.2) is 28.9 Å². The van der Waals surface area contributed by atoms with E-state index in [1.54, 1.807) is 0 Å². The Morgan fingerprint density at radius 1 is 1.50 bits per heavy atom. The maximum atomic E-state index is 11.0. The summed E-state index contributed by atoms with van der Waals surface area (Å²) >= 11 is 0. The molecule has 0 radical (unpaired) electrons. The molecule has 3 nitrogen and oxygen atoms in total. The van der Waals surface area contributed by atoms with Crippen LogP contribution in [0.5, 0.6) is 0 Å². The molecule has 0 spiro atoms. The van der Waals surface area contributed by atoms with Crippen molar-refractivity contribution in [1.29, 1.82) is 0 Å². The van der Waals surface area contributed by atoms with Gasteiger partial charge in [-0.05, 0) is 5.92 Å². The zero-order valence-electron chi connectivity index (χ0n) is 6.45. The topological polar surface area (TPSA) is 57.5 Å². The maximum Gasteiger partial charge on any atom is 0.203 e. The van der Waals surface area contributed by atoms with Crippen molar-refractivity contribution in [1.82, 2.24) is 0 Å². The van der Waals surface area contributed by atoms with Crippen molar-refractivity contribution < 1.29 is 14.6 Å². The molecule has 0 heterocycles. The lowest BCUT2D eigenvalue weighted by Gasteiger charge is -2.11. The summed E-state index contributed by atoms with van der Waals surface area (Å²) in [6.45, 7) is 3.58. The van der Waals surface area contributed by atoms with Gasteiger partial charge in [-0.25, -0.2) is 0 Å². The summed E-state index contributed by atoms with van der Waals surface area (Å²) < 4.78 is 11.0. The number of aliphatic hydroxyl groups is 1. The molecule has 0 bridgehead atoms. The average molecular weight is 166 g/mol. The highest BCUT2D eigenvalue weighted by atomic mass is 31.2. The van der Waals surface area contributed by atoms with Crippen molar-refractivity contribution in [2.24, 2.45) is 5.92 Å². The molecule has 62 valence electrons. The van der Waals surface area contributed by atoms with Gasteiger partial charge >= 0.3 is 0 Å². The summed E-state index contributed by atoms with van der Waals surface area (Å²) in [7, 11) is -3.00. The Hall–Kier alpha value is 0.150. The Bertz CT molecular complexity index is 133. The van der Waals surface area contributed by atoms with Crippen LogP contribution >= 0.6 is 7.37 Å². The molecule has 0 aliphatic carbocycles. The lowest BCUT2D eigenvalue weighted by atomic mass is 10.3. The van der Waals surface area contributed by atoms with Crippen LogP contribution in [0.4, 0.5) is 0 Å². The van der Waals surface area contributed by atoms with E-state index in [1.807, 2.05) is 13.8 Å². The van der Waals surface area contributed by atoms with E-state index >= 15 is 0 Å². The zero-order chi connectivity index (χ0) is 8.20. The first-order valence-corrected chi connectivity index (χ1v) is 5.42. The number of aliphatic hydroxyl groups excluding tert-OH is 1. The number of rotatable bonds is 4. The quantitative estimate of drug-likeness (QED) is 0.610. The van der Waals surface area contributed by atoms with Crippen LogP contribution in [0.3, 0.4) is 0 Å². The second kappa shape index (κ2) is 4.12. The third-order valence-corrected chi connectivity index (χ3v) is 3.30. The van der Waals surface area contributed by atoms with Crippen LogP contribution in [0.15, 0.2) is 0 Å². The minimum absolute atomic E-state index is 0.0329. The van der Waals surface area contributed by atoms with Crippen LogP contribution in [0.1, 0.15) is 13.8 Å². The molecule has 0 aliphatic heterocycles. The molecule has 0 aromatic heterocycles. The van der Waals surface area contributed by atoms with Gasteiger partial charge in [0.25, 0.3) is 0 Å². The minimum Gasteiger partial charge on any atom is -0.396 e. The molecule has 0 aliphatic rings. The monoisotopic (exact) mass is 166 g/mol. The van der Waals surface area contributed by atoms with Crippen LogP contribution < -0.4 is 0 Å². The molecule has 0 fully saturated rings. The van der Waals surface area contributed by atoms with Gasteiger partial charge in [-0.1, -0.05) is 13.8 Å². The minimum atomic E-state index is -3.00. The van der Waals surface area contributed by atoms with Crippen LogP contribution in [-0.2, 0) is 4.57 Å². The SMILES string of the molecule is CC(C)CP(=O)(O)CCO. The van der Waals surface area contributed by atoms with Gasteiger partial charge in [0.1, 0.15) is 0 Å². The maximum absolute atomic E-state index is 11.0. The molecule has 0 saturated carbocycles. The van der Waals surface area contributed by atoms with E-state index in [1.165, 1.54) is 0 Å². The molecule has 0 aromatic carbocycles. The summed E-state index contributed by atoms with van der Waals surface area (Å²) in [6.07, 6.45) is 0.346. The first-order valence-electron chi connectivity index (χ1n) is 3.39. The summed E-state index contributed by atoms with van der Waals surface area (Å²) in [6, 6.07) is 0. The van der Waals surface area contributed by atoms with E-state index in [4.69, 9.17) is 10.00 Å². The molecule has 2 N–H and O–H groups in total. The smallest absolute Gasteiger partial charge is 0.203 e. The fourth-order valence-corrected chi connectivity index (χ4v) is 2.45. The predicted octanol–water partition coefficient (Wildman–Crippen LogP) is 0.905. The van der Waals surface area contributed by atoms with Gasteiger partial charge in [0.15, 0.2) is 0 Å². The summed E-state index contributed by atoms with van der Waals surface area (Å²) in [5.74, 6) is 0.224. The fraction of sp³-hybridized carbons (Fsp3) is 1.00. The van der Waals surface area contributed by atoms with E-state index in [0.717, 1.165) is 0 Å². The van der Waals surface area contributed by atoms with Gasteiger partial charge in [0.2, 0.25) is 7.37 Å². The fourth-order valence-electron chi connectivity index (χ4n) is 0.818. The first kappa shape index (κ1) is 10.2. The third kappa shape index (κ3) is 4.98. The lowest BCUT2D eigenvalue weighted by Crippen LogP contribution is -2.03. The lowest BCUT2D eigenvalue weighted by molar-refractivity contribution is 0.314. The normalized spacial score (nSPS) is 17.3. The van der Waals surface area contributed by atoms with Crippen molar-refractivity contribution in [3.8, 4) is 0 Å². The summed E-state index contributed by atoms with van der Waals surface area (Å²) in [4.78, 5) is 9.08. The zero-order valence-corrected chi connectivity index (χ0v) is 7.34. The standard InChI is InChI=1S/C6H15O3P/c1-6(2)5-10(8,9)4-3-7/h6-7H,3-5H2,1-2H3,(H,8,9). The number of hydrogen-bond acceptors (Lipinski definition) is 2. The summed E-state index contributed by atoms with van der Waals surface area (Å²) in [5.41, 5.74) is 0. The van der Waals surface area contributed by atoms with Crippen molar-refractivity contribution >= 4 is 7.37 Å². The highest BCUT2D eigenvalue weighted by Crippen LogP contribution is 2.41. The van der Waals surface area contributed by atoms with E-state index in [2.05, 4.69) is 0 Å². The van der Waals surface area contributed by atoms with Crippen LogP contribution in [0.25, 0.3) is 0 Å². The van der Waals surface area contributed by atoms with Gasteiger partial charge < -0.3 is 10.00 Å². The van der Waals surface area contributed by atoms with Gasteiger partial charge in [0.05, 0.1) is 6.61 Å². The molecule has 4 heteroatoms. The van der Waals surface area contributed by atoms with Crippen LogP contribution in [0.2, 0.25) is 0 Å². The van der Waals surface area contributed by atoms with E-state index in [0.29, 0.717) is 6.16 Å². The Morgan fingerprint density at radius 2 is 2.00 bits per heavy atom. The Morgan fingerprint density at radius 3 is 2.30 bits per heavy atom. The van der Waals surface area contributed by atoms with Crippen molar-refractivity contribution in [3.05, 3.63) is 0 Å². The first-order chi connectivity index (χ1) is 4.48. The Labute approximate surface area is 61.5 Å². The molecule has 0 amide bonds. The largest absolute Gasteiger partial charge is 0.396 e. The van der Waals surface area contributed by atoms with Crippen molar-refractivity contribution in [2.45, 2.75) is 13.8 Å². The molecule has 0 saturated heterocycles. The van der Waals surface area contributed by atoms with E-state index < -0.39 is 7.37 Å². The molecular formula is C6H15O3P. The van der Waals surface area contributed by atoms with Crippen LogP contribution in [0, 0.1) is 5.92 Å². The predicted molar refractivity (Wildman–Crippen MR) is 41.5 cm³/mol. The molecular weight excluding hydrogens is 151 g/mol. The third-order valence-electron chi connectivity index (χ3n) is 1.10. The van der Waals surface area contributed by atoms with Gasteiger partial charge in [0, 0.05) is 12.3 Å². The van der Waals surface area contributed by atoms with Gasteiger partial charge in [-0.2, -0.15) is 0 Å². The molecule has 10 heavy (non-hydrogen) atoms. The van der Waals surface area contributed by atoms with Crippen molar-refractivity contribution in [2.75, 3.05) is 18.9 Å². The average Bonchev–Trinajstić information content (AvgIpc) is 1.59. The van der Waals surface area contributed by atoms with E-state index in [-0.39, 0.29) is 18.7 Å². The van der Waals surface area contributed by atoms with Gasteiger partial charge in [-0.3, -0.25) is 4.57 Å². The van der Waals surface area contributed by atoms with Gasteiger partial charge in [-0.15, -0.1) is 0 Å². The Balaban J connectivity index is 3.75. The van der Waals surface area contributed by atoms with Crippen molar-refractivity contribution in [3.63, 3.8) is 0 Å². The summed E-state index contributed by atoms with van der Waals surface area (Å²) in [5, 5.41) is 8.38. The highest BCUT2D eigenvalue weighted by molar-refractivity contribution is 7.58. The highest BCUT2D eigenvalue weighted by Gasteiger charge is 2.18. The molecule has 1 atom stereocenters. The Kier molecular flexibility index (Phi) is 4.18. The second-order valence-electron chi connectivity index (χ2n) is 2.87. The molecule has 0 aromatic rings. The number of hydrogen-bond donors (Lipinski definition) is 2.